The van der Waals surface area contributed by atoms with Crippen molar-refractivity contribution < 1.29 is 4.74 Å². The van der Waals surface area contributed by atoms with Crippen LogP contribution in [0, 0.1) is 13.8 Å². The first-order chi connectivity index (χ1) is 10.2. The van der Waals surface area contributed by atoms with Gasteiger partial charge in [-0.2, -0.15) is 0 Å². The normalized spacial score (nSPS) is 21.2. The van der Waals surface area contributed by atoms with Gasteiger partial charge >= 0.3 is 0 Å². The number of nitrogens with zero attached hydrogens (tertiary/aromatic N) is 2. The Hall–Kier alpha value is -1.10. The van der Waals surface area contributed by atoms with Crippen LogP contribution in [0.4, 0.5) is 0 Å². The molecule has 0 radical (unpaired) electrons. The Balaban J connectivity index is 1.36. The highest BCUT2D eigenvalue weighted by Crippen LogP contribution is 2.20. The van der Waals surface area contributed by atoms with E-state index in [1.807, 2.05) is 0 Å². The lowest BCUT2D eigenvalue weighted by atomic mass is 10.1. The molecule has 3 rings (SSSR count). The lowest BCUT2D eigenvalue weighted by Crippen LogP contribution is -2.63. The lowest BCUT2D eigenvalue weighted by Gasteiger charge is -2.46. The van der Waals surface area contributed by atoms with Gasteiger partial charge in [0.15, 0.2) is 0 Å². The van der Waals surface area contributed by atoms with E-state index in [0.29, 0.717) is 0 Å². The number of benzene rings is 1. The molecular formula is C17H27N3O. The summed E-state index contributed by atoms with van der Waals surface area (Å²) in [5.41, 5.74) is 2.49. The van der Waals surface area contributed by atoms with Crippen LogP contribution in [0.15, 0.2) is 18.2 Å². The van der Waals surface area contributed by atoms with Gasteiger partial charge in [-0.05, 0) is 31.0 Å². The molecule has 0 amide bonds. The second-order valence-corrected chi connectivity index (χ2v) is 6.32. The summed E-state index contributed by atoms with van der Waals surface area (Å²) in [4.78, 5) is 5.12. The number of hydrogen-bond donors (Lipinski definition) is 1. The summed E-state index contributed by atoms with van der Waals surface area (Å²) in [5, 5.41) is 3.42. The number of ether oxygens (including phenoxy) is 1. The second-order valence-electron chi connectivity index (χ2n) is 6.32. The van der Waals surface area contributed by atoms with E-state index in [4.69, 9.17) is 4.74 Å². The molecule has 2 aliphatic rings. The minimum absolute atomic E-state index is 0.771. The molecule has 4 heteroatoms. The Morgan fingerprint density at radius 1 is 1.19 bits per heavy atom. The highest BCUT2D eigenvalue weighted by atomic mass is 16.5. The van der Waals surface area contributed by atoms with Crippen LogP contribution in [0.25, 0.3) is 0 Å². The summed E-state index contributed by atoms with van der Waals surface area (Å²) in [6.07, 6.45) is 0. The number of aryl methyl sites for hydroxylation is 2. The van der Waals surface area contributed by atoms with Crippen molar-refractivity contribution >= 4 is 0 Å². The number of nitrogens with one attached hydrogen (secondary N) is 1. The summed E-state index contributed by atoms with van der Waals surface area (Å²) in [6, 6.07) is 7.17. The van der Waals surface area contributed by atoms with Crippen LogP contribution in [0.5, 0.6) is 5.75 Å². The molecule has 0 saturated carbocycles. The molecule has 2 fully saturated rings. The summed E-state index contributed by atoms with van der Waals surface area (Å²) >= 11 is 0. The summed E-state index contributed by atoms with van der Waals surface area (Å²) in [5.74, 6) is 1.04. The first-order valence-corrected chi connectivity index (χ1v) is 8.09. The van der Waals surface area contributed by atoms with E-state index in [9.17, 15) is 0 Å². The van der Waals surface area contributed by atoms with E-state index >= 15 is 0 Å². The van der Waals surface area contributed by atoms with Crippen molar-refractivity contribution in [1.29, 1.82) is 0 Å². The van der Waals surface area contributed by atoms with Crippen LogP contribution in [0.3, 0.4) is 0 Å². The molecule has 1 aromatic carbocycles. The van der Waals surface area contributed by atoms with Crippen molar-refractivity contribution in [2.24, 2.45) is 0 Å². The van der Waals surface area contributed by atoms with Crippen LogP contribution in [-0.4, -0.2) is 68.3 Å². The van der Waals surface area contributed by atoms with Gasteiger partial charge in [-0.25, -0.2) is 0 Å². The lowest BCUT2D eigenvalue weighted by molar-refractivity contribution is 0.0202. The van der Waals surface area contributed by atoms with Gasteiger partial charge in [-0.3, -0.25) is 9.80 Å². The summed E-state index contributed by atoms with van der Waals surface area (Å²) in [6.45, 7) is 13.2. The second kappa shape index (κ2) is 6.77. The van der Waals surface area contributed by atoms with Gasteiger partial charge in [0.2, 0.25) is 0 Å². The smallest absolute Gasteiger partial charge is 0.122 e. The van der Waals surface area contributed by atoms with Crippen molar-refractivity contribution in [1.82, 2.24) is 15.1 Å². The zero-order valence-corrected chi connectivity index (χ0v) is 13.3. The monoisotopic (exact) mass is 289 g/mol. The van der Waals surface area contributed by atoms with Gasteiger partial charge in [0.25, 0.3) is 0 Å². The van der Waals surface area contributed by atoms with Gasteiger partial charge in [-0.1, -0.05) is 12.1 Å². The van der Waals surface area contributed by atoms with Crippen LogP contribution in [-0.2, 0) is 0 Å². The maximum absolute atomic E-state index is 5.94. The molecule has 0 spiro atoms. The number of piperazine rings is 1. The third-order valence-corrected chi connectivity index (χ3v) is 4.61. The van der Waals surface area contributed by atoms with Crippen molar-refractivity contribution in [3.8, 4) is 5.75 Å². The Morgan fingerprint density at radius 2 is 1.95 bits per heavy atom. The molecule has 0 bridgehead atoms. The van der Waals surface area contributed by atoms with Crippen molar-refractivity contribution in [3.63, 3.8) is 0 Å². The van der Waals surface area contributed by atoms with Crippen LogP contribution >= 0.6 is 0 Å². The third kappa shape index (κ3) is 3.76. The molecule has 2 aliphatic heterocycles. The quantitative estimate of drug-likeness (QED) is 0.883. The molecule has 0 aromatic heterocycles. The van der Waals surface area contributed by atoms with Crippen LogP contribution in [0.1, 0.15) is 11.1 Å². The predicted octanol–water partition coefficient (Wildman–Crippen LogP) is 1.27. The highest BCUT2D eigenvalue weighted by molar-refractivity contribution is 5.35. The Bertz CT molecular complexity index is 465. The van der Waals surface area contributed by atoms with E-state index in [1.165, 1.54) is 37.3 Å². The van der Waals surface area contributed by atoms with Crippen LogP contribution in [0.2, 0.25) is 0 Å². The SMILES string of the molecule is Cc1ccc(C)c(OCCN2CC(N3CCNCC3)C2)c1. The number of hydrogen-bond acceptors (Lipinski definition) is 4. The molecule has 1 aromatic rings. The van der Waals surface area contributed by atoms with E-state index in [-0.39, 0.29) is 0 Å². The van der Waals surface area contributed by atoms with Crippen molar-refractivity contribution in [2.45, 2.75) is 19.9 Å². The maximum atomic E-state index is 5.94. The molecule has 21 heavy (non-hydrogen) atoms. The van der Waals surface area contributed by atoms with Crippen LogP contribution < -0.4 is 10.1 Å². The van der Waals surface area contributed by atoms with Crippen molar-refractivity contribution in [3.05, 3.63) is 29.3 Å². The zero-order chi connectivity index (χ0) is 14.7. The minimum Gasteiger partial charge on any atom is -0.492 e. The number of likely N-dealkylation sites (tertiary alicyclic amines) is 1. The molecule has 0 atom stereocenters. The first-order valence-electron chi connectivity index (χ1n) is 8.09. The fraction of sp³-hybridized carbons (Fsp3) is 0.647. The van der Waals surface area contributed by atoms with E-state index < -0.39 is 0 Å². The maximum Gasteiger partial charge on any atom is 0.122 e. The molecule has 0 aliphatic carbocycles. The summed E-state index contributed by atoms with van der Waals surface area (Å²) in [7, 11) is 0. The van der Waals surface area contributed by atoms with Gasteiger partial charge in [0, 0.05) is 51.9 Å². The molecule has 4 nitrogen and oxygen atoms in total. The molecule has 0 unspecified atom stereocenters. The Labute approximate surface area is 128 Å². The predicted molar refractivity (Wildman–Crippen MR) is 86.1 cm³/mol. The van der Waals surface area contributed by atoms with E-state index in [0.717, 1.165) is 38.0 Å². The molecule has 116 valence electrons. The fourth-order valence-electron chi connectivity index (χ4n) is 3.15. The van der Waals surface area contributed by atoms with Crippen molar-refractivity contribution in [2.75, 3.05) is 52.4 Å². The topological polar surface area (TPSA) is 27.7 Å². The van der Waals surface area contributed by atoms with E-state index in [1.54, 1.807) is 0 Å². The average Bonchev–Trinajstić information content (AvgIpc) is 2.46. The molecule has 2 heterocycles. The average molecular weight is 289 g/mol. The first kappa shape index (κ1) is 14.8. The summed E-state index contributed by atoms with van der Waals surface area (Å²) < 4.78 is 5.94. The molecule has 2 saturated heterocycles. The number of rotatable bonds is 5. The minimum atomic E-state index is 0.771. The largest absolute Gasteiger partial charge is 0.492 e. The highest BCUT2D eigenvalue weighted by Gasteiger charge is 2.31. The molecular weight excluding hydrogens is 262 g/mol. The third-order valence-electron chi connectivity index (χ3n) is 4.61. The zero-order valence-electron chi connectivity index (χ0n) is 13.3. The van der Waals surface area contributed by atoms with Gasteiger partial charge in [-0.15, -0.1) is 0 Å². The standard InChI is InChI=1S/C17H27N3O/c1-14-3-4-15(2)17(11-14)21-10-9-19-12-16(13-19)20-7-5-18-6-8-20/h3-4,11,16,18H,5-10,12-13H2,1-2H3. The van der Waals surface area contributed by atoms with Gasteiger partial charge in [0.05, 0.1) is 0 Å². The molecule has 1 N–H and O–H groups in total. The van der Waals surface area contributed by atoms with E-state index in [2.05, 4.69) is 47.2 Å². The van der Waals surface area contributed by atoms with Gasteiger partial charge < -0.3 is 10.1 Å². The Kier molecular flexibility index (Phi) is 4.78. The van der Waals surface area contributed by atoms with Gasteiger partial charge in [0.1, 0.15) is 12.4 Å². The Morgan fingerprint density at radius 3 is 2.71 bits per heavy atom. The fourth-order valence-corrected chi connectivity index (χ4v) is 3.15.